The molecule has 0 fully saturated rings. The molecule has 116 valence electrons. The van der Waals surface area contributed by atoms with Crippen LogP contribution in [0.15, 0.2) is 33.9 Å². The fraction of sp³-hybridized carbons (Fsp3) is 0.214. The maximum atomic E-state index is 12.1. The normalized spacial score (nSPS) is 10.9. The zero-order valence-corrected chi connectivity index (χ0v) is 14.7. The summed E-state index contributed by atoms with van der Waals surface area (Å²) in [5.41, 5.74) is 3.53. The number of nitrogens with zero attached hydrogens (tertiary/aromatic N) is 3. The smallest absolute Gasteiger partial charge is 0.262 e. The van der Waals surface area contributed by atoms with Gasteiger partial charge < -0.3 is 4.74 Å². The Kier molecular flexibility index (Phi) is 5.62. The molecule has 0 aliphatic heterocycles. The average Bonchev–Trinajstić information content (AvgIpc) is 2.86. The Balaban J connectivity index is 2.15. The maximum absolute atomic E-state index is 12.1. The van der Waals surface area contributed by atoms with Crippen molar-refractivity contribution in [2.24, 2.45) is 0 Å². The zero-order valence-electron chi connectivity index (χ0n) is 12.3. The number of ether oxygens (including phenoxy) is 1. The third kappa shape index (κ3) is 3.89. The molecule has 1 N–H and O–H groups in total. The Morgan fingerprint density at radius 1 is 1.45 bits per heavy atom. The Bertz CT molecular complexity index is 715. The summed E-state index contributed by atoms with van der Waals surface area (Å²) in [6.07, 6.45) is 5.00. The molecule has 1 aromatic heterocycles. The van der Waals surface area contributed by atoms with Crippen molar-refractivity contribution in [3.8, 4) is 5.75 Å². The molecule has 1 heterocycles. The summed E-state index contributed by atoms with van der Waals surface area (Å²) in [6, 6.07) is 5.58. The van der Waals surface area contributed by atoms with Crippen molar-refractivity contribution in [1.29, 1.82) is 0 Å². The van der Waals surface area contributed by atoms with Gasteiger partial charge in [0.1, 0.15) is 11.6 Å². The standard InChI is InChI=1S/C14H15BrN4O2S/c1-9-16-17-14(22-3)19(9)18-13(20)7-4-10-8-11(15)5-6-12(10)21-2/h4-8H,1-3H3,(H,18,20)/b7-4+. The van der Waals surface area contributed by atoms with Gasteiger partial charge in [-0.05, 0) is 37.5 Å². The first-order valence-electron chi connectivity index (χ1n) is 6.33. The van der Waals surface area contributed by atoms with Crippen LogP contribution < -0.4 is 10.2 Å². The predicted molar refractivity (Wildman–Crippen MR) is 90.6 cm³/mol. The highest BCUT2D eigenvalue weighted by molar-refractivity contribution is 9.10. The van der Waals surface area contributed by atoms with Gasteiger partial charge in [0.15, 0.2) is 0 Å². The summed E-state index contributed by atoms with van der Waals surface area (Å²) in [6.45, 7) is 1.77. The Hall–Kier alpha value is -1.80. The SMILES string of the molecule is COc1ccc(Br)cc1/C=C/C(=O)Nn1c(C)nnc1SC. The van der Waals surface area contributed by atoms with E-state index in [4.69, 9.17) is 4.74 Å². The van der Waals surface area contributed by atoms with Crippen molar-refractivity contribution in [3.63, 3.8) is 0 Å². The van der Waals surface area contributed by atoms with Crippen molar-refractivity contribution < 1.29 is 9.53 Å². The molecule has 22 heavy (non-hydrogen) atoms. The summed E-state index contributed by atoms with van der Waals surface area (Å²) < 4.78 is 7.72. The van der Waals surface area contributed by atoms with Gasteiger partial charge in [0.05, 0.1) is 7.11 Å². The van der Waals surface area contributed by atoms with E-state index in [0.29, 0.717) is 16.7 Å². The number of benzene rings is 1. The van der Waals surface area contributed by atoms with E-state index < -0.39 is 0 Å². The van der Waals surface area contributed by atoms with Crippen molar-refractivity contribution in [2.75, 3.05) is 18.8 Å². The van der Waals surface area contributed by atoms with Crippen LogP contribution >= 0.6 is 27.7 Å². The minimum absolute atomic E-state index is 0.278. The fourth-order valence-electron chi connectivity index (χ4n) is 1.75. The topological polar surface area (TPSA) is 69.0 Å². The molecule has 2 aromatic rings. The number of halogens is 1. The summed E-state index contributed by atoms with van der Waals surface area (Å²) in [7, 11) is 1.59. The number of hydrogen-bond acceptors (Lipinski definition) is 5. The minimum Gasteiger partial charge on any atom is -0.496 e. The molecule has 1 aromatic carbocycles. The molecular formula is C14H15BrN4O2S. The third-order valence-electron chi connectivity index (χ3n) is 2.81. The van der Waals surface area contributed by atoms with Gasteiger partial charge in [0, 0.05) is 16.1 Å². The number of amides is 1. The molecule has 2 rings (SSSR count). The number of methoxy groups -OCH3 is 1. The number of nitrogens with one attached hydrogen (secondary N) is 1. The highest BCUT2D eigenvalue weighted by Gasteiger charge is 2.09. The molecule has 6 nitrogen and oxygen atoms in total. The molecule has 0 saturated heterocycles. The van der Waals surface area contributed by atoms with E-state index in [2.05, 4.69) is 31.6 Å². The Labute approximate surface area is 141 Å². The van der Waals surface area contributed by atoms with Crippen molar-refractivity contribution in [1.82, 2.24) is 14.9 Å². The number of carbonyl (C=O) groups is 1. The molecule has 0 bridgehead atoms. The van der Waals surface area contributed by atoms with Crippen LogP contribution in [0.5, 0.6) is 5.75 Å². The lowest BCUT2D eigenvalue weighted by Gasteiger charge is -2.07. The molecule has 8 heteroatoms. The predicted octanol–water partition coefficient (Wildman–Crippen LogP) is 2.86. The lowest BCUT2D eigenvalue weighted by atomic mass is 10.2. The van der Waals surface area contributed by atoms with Gasteiger partial charge in [-0.3, -0.25) is 10.2 Å². The fourth-order valence-corrected chi connectivity index (χ4v) is 2.61. The van der Waals surface area contributed by atoms with E-state index in [1.807, 2.05) is 24.5 Å². The zero-order chi connectivity index (χ0) is 16.1. The average molecular weight is 383 g/mol. The first-order valence-corrected chi connectivity index (χ1v) is 8.35. The second-order valence-electron chi connectivity index (χ2n) is 4.26. The quantitative estimate of drug-likeness (QED) is 0.635. The summed E-state index contributed by atoms with van der Waals surface area (Å²) >= 11 is 4.80. The van der Waals surface area contributed by atoms with E-state index >= 15 is 0 Å². The Morgan fingerprint density at radius 3 is 2.91 bits per heavy atom. The molecule has 0 aliphatic rings. The van der Waals surface area contributed by atoms with E-state index in [-0.39, 0.29) is 5.91 Å². The molecule has 0 atom stereocenters. The van der Waals surface area contributed by atoms with Gasteiger partial charge >= 0.3 is 0 Å². The summed E-state index contributed by atoms with van der Waals surface area (Å²) in [5.74, 6) is 1.03. The van der Waals surface area contributed by atoms with Gasteiger partial charge in [0.2, 0.25) is 5.16 Å². The number of aryl methyl sites for hydroxylation is 1. The first kappa shape index (κ1) is 16.6. The maximum Gasteiger partial charge on any atom is 0.262 e. The summed E-state index contributed by atoms with van der Waals surface area (Å²) in [4.78, 5) is 12.1. The first-order chi connectivity index (χ1) is 10.5. The highest BCUT2D eigenvalue weighted by atomic mass is 79.9. The number of rotatable bonds is 5. The largest absolute Gasteiger partial charge is 0.496 e. The summed E-state index contributed by atoms with van der Waals surface area (Å²) in [5, 5.41) is 8.50. The minimum atomic E-state index is -0.278. The second-order valence-corrected chi connectivity index (χ2v) is 5.95. The third-order valence-corrected chi connectivity index (χ3v) is 3.93. The second kappa shape index (κ2) is 7.46. The lowest BCUT2D eigenvalue weighted by molar-refractivity contribution is -0.112. The van der Waals surface area contributed by atoms with Crippen LogP contribution in [0.2, 0.25) is 0 Å². The molecule has 0 saturated carbocycles. The van der Waals surface area contributed by atoms with E-state index in [1.54, 1.807) is 24.8 Å². The van der Waals surface area contributed by atoms with Gasteiger partial charge in [-0.25, -0.2) is 4.68 Å². The van der Waals surface area contributed by atoms with Crippen LogP contribution in [-0.2, 0) is 4.79 Å². The molecular weight excluding hydrogens is 368 g/mol. The molecule has 0 unspecified atom stereocenters. The van der Waals surface area contributed by atoms with Crippen LogP contribution in [0.1, 0.15) is 11.4 Å². The molecule has 1 amide bonds. The molecule has 0 aliphatic carbocycles. The molecule has 0 radical (unpaired) electrons. The number of thioether (sulfide) groups is 1. The van der Waals surface area contributed by atoms with Gasteiger partial charge in [-0.15, -0.1) is 10.2 Å². The Morgan fingerprint density at radius 2 is 2.23 bits per heavy atom. The van der Waals surface area contributed by atoms with Crippen LogP contribution in [0.4, 0.5) is 0 Å². The highest BCUT2D eigenvalue weighted by Crippen LogP contribution is 2.24. The number of aromatic nitrogens is 3. The van der Waals surface area contributed by atoms with Crippen LogP contribution in [-0.4, -0.2) is 34.1 Å². The van der Waals surface area contributed by atoms with Gasteiger partial charge in [-0.1, -0.05) is 27.7 Å². The number of hydrogen-bond donors (Lipinski definition) is 1. The van der Waals surface area contributed by atoms with E-state index in [0.717, 1.165) is 10.0 Å². The van der Waals surface area contributed by atoms with Gasteiger partial charge in [0.25, 0.3) is 5.91 Å². The van der Waals surface area contributed by atoms with Crippen molar-refractivity contribution in [3.05, 3.63) is 40.1 Å². The number of carbonyl (C=O) groups excluding carboxylic acids is 1. The van der Waals surface area contributed by atoms with Crippen LogP contribution in [0, 0.1) is 6.92 Å². The van der Waals surface area contributed by atoms with Crippen molar-refractivity contribution in [2.45, 2.75) is 12.1 Å². The van der Waals surface area contributed by atoms with Crippen LogP contribution in [0.25, 0.3) is 6.08 Å². The molecule has 0 spiro atoms. The van der Waals surface area contributed by atoms with E-state index in [9.17, 15) is 4.79 Å². The van der Waals surface area contributed by atoms with Gasteiger partial charge in [-0.2, -0.15) is 0 Å². The van der Waals surface area contributed by atoms with Crippen LogP contribution in [0.3, 0.4) is 0 Å². The van der Waals surface area contributed by atoms with Crippen molar-refractivity contribution >= 4 is 39.7 Å². The van der Waals surface area contributed by atoms with E-state index in [1.165, 1.54) is 17.8 Å². The lowest BCUT2D eigenvalue weighted by Crippen LogP contribution is -2.22. The monoisotopic (exact) mass is 382 g/mol.